The number of nitriles is 1. The molecule has 0 unspecified atom stereocenters. The molecule has 4 nitrogen and oxygen atoms in total. The third-order valence-electron chi connectivity index (χ3n) is 3.61. The SMILES string of the molecule is CC(C)c1cc([C@H](C#N)c2ccc(Cl)cc2)c(Cl)cc1[N+](=O)[O-]. The second kappa shape index (κ2) is 6.99. The number of nitrogens with zero attached hydrogens (tertiary/aromatic N) is 2. The lowest BCUT2D eigenvalue weighted by atomic mass is 9.89. The zero-order valence-electron chi connectivity index (χ0n) is 12.6. The van der Waals surface area contributed by atoms with Crippen LogP contribution in [0, 0.1) is 21.4 Å². The predicted molar refractivity (Wildman–Crippen MR) is 91.1 cm³/mol. The number of benzene rings is 2. The van der Waals surface area contributed by atoms with Crippen LogP contribution in [0.1, 0.15) is 42.4 Å². The molecule has 0 aromatic heterocycles. The molecule has 1 atom stereocenters. The van der Waals surface area contributed by atoms with Crippen molar-refractivity contribution in [2.45, 2.75) is 25.7 Å². The molecule has 0 heterocycles. The molecule has 0 amide bonds. The minimum atomic E-state index is -0.613. The first kappa shape index (κ1) is 17.3. The van der Waals surface area contributed by atoms with Crippen molar-refractivity contribution in [1.29, 1.82) is 5.26 Å². The van der Waals surface area contributed by atoms with Crippen molar-refractivity contribution in [3.05, 3.63) is 73.2 Å². The van der Waals surface area contributed by atoms with Crippen molar-refractivity contribution in [1.82, 2.24) is 0 Å². The predicted octanol–water partition coefficient (Wildman–Crippen LogP) is 5.68. The molecule has 23 heavy (non-hydrogen) atoms. The van der Waals surface area contributed by atoms with Gasteiger partial charge in [-0.25, -0.2) is 0 Å². The van der Waals surface area contributed by atoms with Crippen LogP contribution in [-0.2, 0) is 0 Å². The number of nitro groups is 1. The minimum absolute atomic E-state index is 0.0263. The molecule has 0 aliphatic carbocycles. The number of hydrogen-bond acceptors (Lipinski definition) is 3. The van der Waals surface area contributed by atoms with Crippen molar-refractivity contribution in [2.24, 2.45) is 0 Å². The number of rotatable bonds is 4. The fourth-order valence-corrected chi connectivity index (χ4v) is 2.81. The van der Waals surface area contributed by atoms with Crippen LogP contribution >= 0.6 is 23.2 Å². The molecular formula is C17H14Cl2N2O2. The van der Waals surface area contributed by atoms with E-state index in [9.17, 15) is 15.4 Å². The average Bonchev–Trinajstić information content (AvgIpc) is 2.50. The molecule has 2 aromatic rings. The topological polar surface area (TPSA) is 66.9 Å². The highest BCUT2D eigenvalue weighted by atomic mass is 35.5. The zero-order valence-corrected chi connectivity index (χ0v) is 14.1. The normalized spacial score (nSPS) is 12.0. The summed E-state index contributed by atoms with van der Waals surface area (Å²) in [5.74, 6) is -0.672. The van der Waals surface area contributed by atoms with Crippen LogP contribution in [0.15, 0.2) is 36.4 Å². The van der Waals surface area contributed by atoms with Crippen molar-refractivity contribution >= 4 is 28.9 Å². The maximum Gasteiger partial charge on any atom is 0.274 e. The van der Waals surface area contributed by atoms with E-state index in [0.29, 0.717) is 16.1 Å². The summed E-state index contributed by atoms with van der Waals surface area (Å²) in [7, 11) is 0. The largest absolute Gasteiger partial charge is 0.274 e. The highest BCUT2D eigenvalue weighted by Crippen LogP contribution is 2.37. The lowest BCUT2D eigenvalue weighted by Gasteiger charge is -2.15. The first-order valence-corrected chi connectivity index (χ1v) is 7.73. The maximum atomic E-state index is 11.2. The Balaban J connectivity index is 2.61. The van der Waals surface area contributed by atoms with Gasteiger partial charge in [0.05, 0.1) is 21.9 Å². The summed E-state index contributed by atoms with van der Waals surface area (Å²) in [5, 5.41) is 21.5. The molecule has 0 aliphatic heterocycles. The molecule has 0 bridgehead atoms. The standard InChI is InChI=1S/C17H14Cl2N2O2/c1-10(2)13-7-14(16(19)8-17(13)21(22)23)15(9-20)11-3-5-12(18)6-4-11/h3-8,10,15H,1-2H3/t15-/m1/s1. The highest BCUT2D eigenvalue weighted by molar-refractivity contribution is 6.31. The summed E-state index contributed by atoms with van der Waals surface area (Å²) in [5.41, 5.74) is 1.83. The van der Waals surface area contributed by atoms with Crippen LogP contribution in [0.3, 0.4) is 0 Å². The van der Waals surface area contributed by atoms with E-state index < -0.39 is 10.8 Å². The molecule has 0 radical (unpaired) electrons. The molecule has 0 N–H and O–H groups in total. The van der Waals surface area contributed by atoms with Gasteiger partial charge in [0.1, 0.15) is 0 Å². The van der Waals surface area contributed by atoms with Crippen molar-refractivity contribution < 1.29 is 4.92 Å². The van der Waals surface area contributed by atoms with E-state index in [1.165, 1.54) is 6.07 Å². The Kier molecular flexibility index (Phi) is 5.25. The number of hydrogen-bond donors (Lipinski definition) is 0. The van der Waals surface area contributed by atoms with Gasteiger partial charge in [0.25, 0.3) is 5.69 Å². The summed E-state index contributed by atoms with van der Waals surface area (Å²) in [6, 6.07) is 12.1. The van der Waals surface area contributed by atoms with Crippen molar-refractivity contribution in [3.8, 4) is 6.07 Å². The fraction of sp³-hybridized carbons (Fsp3) is 0.235. The summed E-state index contributed by atoms with van der Waals surface area (Å²) < 4.78 is 0. The third-order valence-corrected chi connectivity index (χ3v) is 4.19. The second-order valence-electron chi connectivity index (χ2n) is 5.46. The first-order valence-electron chi connectivity index (χ1n) is 6.98. The molecule has 0 saturated heterocycles. The quantitative estimate of drug-likeness (QED) is 0.527. The summed E-state index contributed by atoms with van der Waals surface area (Å²) in [6.07, 6.45) is 0. The Bertz CT molecular complexity index is 780. The van der Waals surface area contributed by atoms with Gasteiger partial charge in [-0.2, -0.15) is 5.26 Å². The van der Waals surface area contributed by atoms with Gasteiger partial charge in [-0.3, -0.25) is 10.1 Å². The van der Waals surface area contributed by atoms with E-state index in [2.05, 4.69) is 6.07 Å². The summed E-state index contributed by atoms with van der Waals surface area (Å²) in [6.45, 7) is 3.73. The monoisotopic (exact) mass is 348 g/mol. The molecule has 6 heteroatoms. The van der Waals surface area contributed by atoms with Gasteiger partial charge >= 0.3 is 0 Å². The van der Waals surface area contributed by atoms with E-state index in [-0.39, 0.29) is 16.6 Å². The maximum absolute atomic E-state index is 11.2. The van der Waals surface area contributed by atoms with E-state index in [1.807, 2.05) is 13.8 Å². The van der Waals surface area contributed by atoms with Crippen molar-refractivity contribution in [3.63, 3.8) is 0 Å². The van der Waals surface area contributed by atoms with Gasteiger partial charge in [-0.1, -0.05) is 49.2 Å². The van der Waals surface area contributed by atoms with Crippen LogP contribution in [0.25, 0.3) is 0 Å². The molecule has 2 rings (SSSR count). The van der Waals surface area contributed by atoms with E-state index in [4.69, 9.17) is 23.2 Å². The van der Waals surface area contributed by atoms with E-state index in [0.717, 1.165) is 5.56 Å². The van der Waals surface area contributed by atoms with Crippen LogP contribution in [0.2, 0.25) is 10.0 Å². The Hall–Kier alpha value is -2.09. The molecule has 0 fully saturated rings. The Morgan fingerprint density at radius 3 is 2.22 bits per heavy atom. The number of halogens is 2. The summed E-state index contributed by atoms with van der Waals surface area (Å²) in [4.78, 5) is 10.8. The van der Waals surface area contributed by atoms with E-state index >= 15 is 0 Å². The van der Waals surface area contributed by atoms with Gasteiger partial charge < -0.3 is 0 Å². The molecular weight excluding hydrogens is 335 g/mol. The Morgan fingerprint density at radius 2 is 1.74 bits per heavy atom. The smallest absolute Gasteiger partial charge is 0.258 e. The van der Waals surface area contributed by atoms with Gasteiger partial charge in [0.15, 0.2) is 0 Å². The van der Waals surface area contributed by atoms with Gasteiger partial charge in [-0.15, -0.1) is 0 Å². The van der Waals surface area contributed by atoms with Crippen LogP contribution in [-0.4, -0.2) is 4.92 Å². The second-order valence-corrected chi connectivity index (χ2v) is 6.30. The highest BCUT2D eigenvalue weighted by Gasteiger charge is 2.24. The molecule has 0 spiro atoms. The van der Waals surface area contributed by atoms with Gasteiger partial charge in [0, 0.05) is 16.7 Å². The van der Waals surface area contributed by atoms with Crippen LogP contribution in [0.4, 0.5) is 5.69 Å². The molecule has 0 aliphatic rings. The Labute approximate surface area is 144 Å². The summed E-state index contributed by atoms with van der Waals surface area (Å²) >= 11 is 12.1. The lowest BCUT2D eigenvalue weighted by Crippen LogP contribution is -2.04. The van der Waals surface area contributed by atoms with Crippen molar-refractivity contribution in [2.75, 3.05) is 0 Å². The Morgan fingerprint density at radius 1 is 1.13 bits per heavy atom. The molecule has 2 aromatic carbocycles. The van der Waals surface area contributed by atoms with Gasteiger partial charge in [0.2, 0.25) is 0 Å². The van der Waals surface area contributed by atoms with Gasteiger partial charge in [-0.05, 0) is 35.2 Å². The molecule has 118 valence electrons. The zero-order chi connectivity index (χ0) is 17.1. The number of nitro benzene ring substituents is 1. The van der Waals surface area contributed by atoms with Crippen LogP contribution < -0.4 is 0 Å². The molecule has 0 saturated carbocycles. The third kappa shape index (κ3) is 3.64. The fourth-order valence-electron chi connectivity index (χ4n) is 2.42. The average molecular weight is 349 g/mol. The lowest BCUT2D eigenvalue weighted by molar-refractivity contribution is -0.385. The van der Waals surface area contributed by atoms with Crippen LogP contribution in [0.5, 0.6) is 0 Å². The van der Waals surface area contributed by atoms with E-state index in [1.54, 1.807) is 30.3 Å². The minimum Gasteiger partial charge on any atom is -0.258 e. The first-order chi connectivity index (χ1) is 10.8.